The number of nitrogens with zero attached hydrogens (tertiary/aromatic N) is 2. The molecule has 0 saturated carbocycles. The molecule has 3 aromatic rings. The van der Waals surface area contributed by atoms with Crippen LogP contribution in [-0.2, 0) is 6.54 Å². The summed E-state index contributed by atoms with van der Waals surface area (Å²) in [6, 6.07) is 16.6. The second-order valence-corrected chi connectivity index (χ2v) is 6.99. The third-order valence-corrected chi connectivity index (χ3v) is 5.08. The molecule has 1 fully saturated rings. The summed E-state index contributed by atoms with van der Waals surface area (Å²) in [5.41, 5.74) is 1.37. The molecule has 2 heterocycles. The lowest BCUT2D eigenvalue weighted by Crippen LogP contribution is -2.37. The highest BCUT2D eigenvalue weighted by atomic mass is 35.5. The predicted molar refractivity (Wildman–Crippen MR) is 102 cm³/mol. The summed E-state index contributed by atoms with van der Waals surface area (Å²) in [5.74, 6) is 0.852. The van der Waals surface area contributed by atoms with Crippen molar-refractivity contribution in [3.63, 3.8) is 0 Å². The molecule has 128 valence electrons. The first-order chi connectivity index (χ1) is 12.3. The summed E-state index contributed by atoms with van der Waals surface area (Å²) in [4.78, 5) is 6.63. The maximum Gasteiger partial charge on any atom is 0.121 e. The maximum absolute atomic E-state index is 6.37. The van der Waals surface area contributed by atoms with E-state index in [-0.39, 0.29) is 6.10 Å². The fourth-order valence-corrected chi connectivity index (χ4v) is 3.68. The number of fused-ring (bicyclic) bond motifs is 1. The van der Waals surface area contributed by atoms with E-state index >= 15 is 0 Å². The molecule has 4 heteroatoms. The van der Waals surface area contributed by atoms with Gasteiger partial charge in [-0.1, -0.05) is 41.9 Å². The van der Waals surface area contributed by atoms with Crippen molar-refractivity contribution in [3.05, 3.63) is 71.5 Å². The number of pyridine rings is 1. The van der Waals surface area contributed by atoms with Gasteiger partial charge in [0.2, 0.25) is 0 Å². The van der Waals surface area contributed by atoms with Gasteiger partial charge in [0.1, 0.15) is 11.9 Å². The van der Waals surface area contributed by atoms with Crippen LogP contribution in [0.25, 0.3) is 10.8 Å². The number of ether oxygens (including phenoxy) is 1. The molecule has 0 spiro atoms. The molecule has 1 aliphatic heterocycles. The Morgan fingerprint density at radius 2 is 1.88 bits per heavy atom. The van der Waals surface area contributed by atoms with Crippen LogP contribution in [0.1, 0.15) is 18.4 Å². The molecule has 0 unspecified atom stereocenters. The molecule has 2 aromatic carbocycles. The normalized spacial score (nSPS) is 16.2. The largest absolute Gasteiger partial charge is 0.490 e. The van der Waals surface area contributed by atoms with Gasteiger partial charge in [-0.2, -0.15) is 0 Å². The molecule has 1 aliphatic rings. The molecule has 4 rings (SSSR count). The van der Waals surface area contributed by atoms with Gasteiger partial charge in [-0.25, -0.2) is 0 Å². The zero-order valence-electron chi connectivity index (χ0n) is 14.1. The number of piperidine rings is 1. The number of likely N-dealkylation sites (tertiary alicyclic amines) is 1. The van der Waals surface area contributed by atoms with Gasteiger partial charge in [0.25, 0.3) is 0 Å². The first-order valence-corrected chi connectivity index (χ1v) is 9.12. The molecule has 0 aliphatic carbocycles. The monoisotopic (exact) mass is 352 g/mol. The Morgan fingerprint density at radius 1 is 1.08 bits per heavy atom. The van der Waals surface area contributed by atoms with Crippen LogP contribution in [0.4, 0.5) is 0 Å². The molecule has 0 bridgehead atoms. The van der Waals surface area contributed by atoms with Crippen molar-refractivity contribution in [1.82, 2.24) is 9.88 Å². The average molecular weight is 353 g/mol. The van der Waals surface area contributed by atoms with Crippen LogP contribution in [0.3, 0.4) is 0 Å². The van der Waals surface area contributed by atoms with Gasteiger partial charge in [-0.05, 0) is 42.0 Å². The summed E-state index contributed by atoms with van der Waals surface area (Å²) in [6.07, 6.45) is 5.91. The molecular weight excluding hydrogens is 332 g/mol. The highest BCUT2D eigenvalue weighted by molar-refractivity contribution is 6.35. The Morgan fingerprint density at radius 3 is 2.68 bits per heavy atom. The first-order valence-electron chi connectivity index (χ1n) is 8.74. The van der Waals surface area contributed by atoms with E-state index in [0.29, 0.717) is 5.02 Å². The van der Waals surface area contributed by atoms with Crippen molar-refractivity contribution in [2.75, 3.05) is 13.1 Å². The van der Waals surface area contributed by atoms with Gasteiger partial charge in [-0.3, -0.25) is 9.88 Å². The number of aromatic nitrogens is 1. The van der Waals surface area contributed by atoms with Crippen molar-refractivity contribution in [3.8, 4) is 5.75 Å². The van der Waals surface area contributed by atoms with E-state index in [9.17, 15) is 0 Å². The quantitative estimate of drug-likeness (QED) is 0.665. The molecule has 0 N–H and O–H groups in total. The zero-order valence-corrected chi connectivity index (χ0v) is 14.8. The summed E-state index contributed by atoms with van der Waals surface area (Å²) in [6.45, 7) is 3.14. The number of hydrogen-bond acceptors (Lipinski definition) is 3. The second-order valence-electron chi connectivity index (χ2n) is 6.58. The van der Waals surface area contributed by atoms with Crippen molar-refractivity contribution >= 4 is 22.4 Å². The number of benzene rings is 2. The molecule has 0 radical (unpaired) electrons. The minimum absolute atomic E-state index is 0.252. The standard InChI is InChI=1S/C21H21ClN2O/c22-21-13-19(12-17-6-9-23-14-20(17)21)25-18-7-10-24(11-8-18)15-16-4-2-1-3-5-16/h1-6,9,12-14,18H,7-8,10-11,15H2. The summed E-state index contributed by atoms with van der Waals surface area (Å²) in [7, 11) is 0. The van der Waals surface area contributed by atoms with E-state index in [1.54, 1.807) is 12.4 Å². The Hall–Kier alpha value is -2.10. The van der Waals surface area contributed by atoms with Crippen molar-refractivity contribution in [2.45, 2.75) is 25.5 Å². The van der Waals surface area contributed by atoms with Gasteiger partial charge < -0.3 is 4.74 Å². The van der Waals surface area contributed by atoms with Gasteiger partial charge >= 0.3 is 0 Å². The van der Waals surface area contributed by atoms with E-state index in [1.807, 2.05) is 12.1 Å². The topological polar surface area (TPSA) is 25.4 Å². The van der Waals surface area contributed by atoms with Crippen LogP contribution in [0, 0.1) is 0 Å². The van der Waals surface area contributed by atoms with Crippen LogP contribution in [0.2, 0.25) is 5.02 Å². The third-order valence-electron chi connectivity index (χ3n) is 4.77. The highest BCUT2D eigenvalue weighted by Crippen LogP contribution is 2.30. The SMILES string of the molecule is Clc1cc(OC2CCN(Cc3ccccc3)CC2)cc2ccncc12. The minimum atomic E-state index is 0.252. The number of halogens is 1. The fourth-order valence-electron chi connectivity index (χ4n) is 3.42. The van der Waals surface area contributed by atoms with Crippen LogP contribution < -0.4 is 4.74 Å². The Balaban J connectivity index is 1.37. The smallest absolute Gasteiger partial charge is 0.121 e. The van der Waals surface area contributed by atoms with Crippen LogP contribution in [-0.4, -0.2) is 29.1 Å². The lowest BCUT2D eigenvalue weighted by atomic mass is 10.1. The molecule has 3 nitrogen and oxygen atoms in total. The van der Waals surface area contributed by atoms with Gasteiger partial charge in [-0.15, -0.1) is 0 Å². The molecule has 1 saturated heterocycles. The lowest BCUT2D eigenvalue weighted by molar-refractivity contribution is 0.0969. The van der Waals surface area contributed by atoms with Crippen LogP contribution in [0.15, 0.2) is 60.9 Å². The summed E-state index contributed by atoms with van der Waals surface area (Å²) in [5, 5.41) is 2.73. The summed E-state index contributed by atoms with van der Waals surface area (Å²) >= 11 is 6.37. The van der Waals surface area contributed by atoms with E-state index in [1.165, 1.54) is 5.56 Å². The molecule has 25 heavy (non-hydrogen) atoms. The van der Waals surface area contributed by atoms with Crippen molar-refractivity contribution < 1.29 is 4.74 Å². The van der Waals surface area contributed by atoms with E-state index in [0.717, 1.165) is 49.0 Å². The second kappa shape index (κ2) is 7.42. The minimum Gasteiger partial charge on any atom is -0.490 e. The van der Waals surface area contributed by atoms with Gasteiger partial charge in [0, 0.05) is 37.4 Å². The van der Waals surface area contributed by atoms with E-state index < -0.39 is 0 Å². The Bertz CT molecular complexity index is 845. The fraction of sp³-hybridized carbons (Fsp3) is 0.286. The molecular formula is C21H21ClN2O. The number of hydrogen-bond donors (Lipinski definition) is 0. The summed E-state index contributed by atoms with van der Waals surface area (Å²) < 4.78 is 6.21. The number of rotatable bonds is 4. The molecule has 1 aromatic heterocycles. The molecule has 0 amide bonds. The van der Waals surface area contributed by atoms with Gasteiger partial charge in [0.05, 0.1) is 5.02 Å². The average Bonchev–Trinajstić information content (AvgIpc) is 2.64. The Kier molecular flexibility index (Phi) is 4.86. The van der Waals surface area contributed by atoms with Gasteiger partial charge in [0.15, 0.2) is 0 Å². The zero-order chi connectivity index (χ0) is 17.1. The van der Waals surface area contributed by atoms with Crippen molar-refractivity contribution in [1.29, 1.82) is 0 Å². The highest BCUT2D eigenvalue weighted by Gasteiger charge is 2.21. The third kappa shape index (κ3) is 3.94. The van der Waals surface area contributed by atoms with Crippen molar-refractivity contribution in [2.24, 2.45) is 0 Å². The predicted octanol–water partition coefficient (Wildman–Crippen LogP) is 4.93. The van der Waals surface area contributed by atoms with Crippen LogP contribution in [0.5, 0.6) is 5.75 Å². The lowest BCUT2D eigenvalue weighted by Gasteiger charge is -2.32. The maximum atomic E-state index is 6.37. The van der Waals surface area contributed by atoms with E-state index in [4.69, 9.17) is 16.3 Å². The van der Waals surface area contributed by atoms with E-state index in [2.05, 4.69) is 46.3 Å². The Labute approximate surface area is 153 Å². The van der Waals surface area contributed by atoms with Crippen LogP contribution >= 0.6 is 11.6 Å². The first kappa shape index (κ1) is 16.4. The molecule has 0 atom stereocenters.